The van der Waals surface area contributed by atoms with E-state index in [0.717, 1.165) is 34.2 Å². The molecule has 0 radical (unpaired) electrons. The zero-order valence-corrected chi connectivity index (χ0v) is 11.4. The highest BCUT2D eigenvalue weighted by atomic mass is 16.5. The Morgan fingerprint density at radius 1 is 1.20 bits per heavy atom. The predicted molar refractivity (Wildman–Crippen MR) is 72.8 cm³/mol. The maximum Gasteiger partial charge on any atom is 0.152 e. The first-order valence-electron chi connectivity index (χ1n) is 6.44. The molecule has 0 atom stereocenters. The van der Waals surface area contributed by atoms with Gasteiger partial charge in [-0.1, -0.05) is 5.16 Å². The Morgan fingerprint density at radius 2 is 2.10 bits per heavy atom. The lowest BCUT2D eigenvalue weighted by Gasteiger charge is -2.02. The summed E-state index contributed by atoms with van der Waals surface area (Å²) in [4.78, 5) is 0. The topological polar surface area (TPSA) is 79.9 Å². The van der Waals surface area contributed by atoms with Gasteiger partial charge in [0.25, 0.3) is 0 Å². The molecule has 20 heavy (non-hydrogen) atoms. The van der Waals surface area contributed by atoms with Gasteiger partial charge >= 0.3 is 0 Å². The molecule has 3 aromatic heterocycles. The summed E-state index contributed by atoms with van der Waals surface area (Å²) in [7, 11) is 0. The molecule has 0 aliphatic rings. The molecule has 0 fully saturated rings. The van der Waals surface area contributed by atoms with Crippen molar-refractivity contribution in [2.24, 2.45) is 0 Å². The van der Waals surface area contributed by atoms with Crippen molar-refractivity contribution in [2.75, 3.05) is 0 Å². The summed E-state index contributed by atoms with van der Waals surface area (Å²) in [5.74, 6) is 2.50. The van der Waals surface area contributed by atoms with Crippen LogP contribution in [0.3, 0.4) is 0 Å². The first kappa shape index (κ1) is 12.7. The SMILES string of the molecule is Cc1cc(CNCc2cn[nH]c2-c2ccc(C)o2)no1. The van der Waals surface area contributed by atoms with Gasteiger partial charge in [0.05, 0.1) is 11.9 Å². The fourth-order valence-electron chi connectivity index (χ4n) is 2.05. The number of aromatic amines is 1. The Hall–Kier alpha value is -2.34. The van der Waals surface area contributed by atoms with Gasteiger partial charge in [0.1, 0.15) is 17.2 Å². The quantitative estimate of drug-likeness (QED) is 0.746. The van der Waals surface area contributed by atoms with Crippen molar-refractivity contribution >= 4 is 0 Å². The number of H-pyrrole nitrogens is 1. The minimum Gasteiger partial charge on any atom is -0.460 e. The highest BCUT2D eigenvalue weighted by molar-refractivity contribution is 5.56. The largest absolute Gasteiger partial charge is 0.460 e. The second-order valence-electron chi connectivity index (χ2n) is 4.71. The summed E-state index contributed by atoms with van der Waals surface area (Å²) in [6.45, 7) is 5.13. The molecule has 3 aromatic rings. The third-order valence-corrected chi connectivity index (χ3v) is 3.00. The van der Waals surface area contributed by atoms with Crippen LogP contribution in [0.15, 0.2) is 33.3 Å². The standard InChI is InChI=1S/C14H16N4O2/c1-9-3-4-13(19-9)14-11(7-16-17-14)6-15-8-12-5-10(2)20-18-12/h3-5,7,15H,6,8H2,1-2H3,(H,16,17). The molecule has 2 N–H and O–H groups in total. The van der Waals surface area contributed by atoms with Crippen molar-refractivity contribution < 1.29 is 8.94 Å². The predicted octanol–water partition coefficient (Wildman–Crippen LogP) is 2.56. The zero-order valence-electron chi connectivity index (χ0n) is 11.4. The molecule has 0 spiro atoms. The van der Waals surface area contributed by atoms with Crippen LogP contribution >= 0.6 is 0 Å². The number of hydrogen-bond donors (Lipinski definition) is 2. The second-order valence-corrected chi connectivity index (χ2v) is 4.71. The molecule has 0 bridgehead atoms. The molecular formula is C14H16N4O2. The Morgan fingerprint density at radius 3 is 2.80 bits per heavy atom. The van der Waals surface area contributed by atoms with Crippen LogP contribution in [0, 0.1) is 13.8 Å². The number of furan rings is 1. The first-order chi connectivity index (χ1) is 9.72. The van der Waals surface area contributed by atoms with Crippen molar-refractivity contribution in [1.82, 2.24) is 20.7 Å². The van der Waals surface area contributed by atoms with E-state index >= 15 is 0 Å². The van der Waals surface area contributed by atoms with Crippen LogP contribution in [-0.4, -0.2) is 15.4 Å². The maximum absolute atomic E-state index is 5.61. The van der Waals surface area contributed by atoms with E-state index in [-0.39, 0.29) is 0 Å². The molecule has 0 saturated carbocycles. The van der Waals surface area contributed by atoms with Crippen molar-refractivity contribution in [3.05, 3.63) is 47.2 Å². The fraction of sp³-hybridized carbons (Fsp3) is 0.286. The Bertz CT molecular complexity index is 695. The molecule has 104 valence electrons. The maximum atomic E-state index is 5.61. The third-order valence-electron chi connectivity index (χ3n) is 3.00. The van der Waals surface area contributed by atoms with Gasteiger partial charge in [-0.15, -0.1) is 0 Å². The van der Waals surface area contributed by atoms with Crippen LogP contribution in [0.2, 0.25) is 0 Å². The van der Waals surface area contributed by atoms with Gasteiger partial charge in [-0.05, 0) is 26.0 Å². The van der Waals surface area contributed by atoms with E-state index in [0.29, 0.717) is 13.1 Å². The number of rotatable bonds is 5. The highest BCUT2D eigenvalue weighted by Crippen LogP contribution is 2.23. The molecule has 0 aromatic carbocycles. The van der Waals surface area contributed by atoms with Crippen molar-refractivity contribution in [2.45, 2.75) is 26.9 Å². The molecule has 6 nitrogen and oxygen atoms in total. The number of nitrogens with zero attached hydrogens (tertiary/aromatic N) is 2. The van der Waals surface area contributed by atoms with E-state index in [1.165, 1.54) is 0 Å². The summed E-state index contributed by atoms with van der Waals surface area (Å²) in [5, 5.41) is 14.3. The Kier molecular flexibility index (Phi) is 3.39. The second kappa shape index (κ2) is 5.34. The van der Waals surface area contributed by atoms with Crippen LogP contribution in [-0.2, 0) is 13.1 Å². The summed E-state index contributed by atoms with van der Waals surface area (Å²) in [6.07, 6.45) is 1.80. The van der Waals surface area contributed by atoms with Gasteiger partial charge in [-0.3, -0.25) is 5.10 Å². The van der Waals surface area contributed by atoms with Gasteiger partial charge in [0.15, 0.2) is 5.76 Å². The lowest BCUT2D eigenvalue weighted by Crippen LogP contribution is -2.13. The Balaban J connectivity index is 1.65. The summed E-state index contributed by atoms with van der Waals surface area (Å²) in [5.41, 5.74) is 2.85. The first-order valence-corrected chi connectivity index (χ1v) is 6.44. The van der Waals surface area contributed by atoms with Crippen LogP contribution in [0.1, 0.15) is 22.8 Å². The highest BCUT2D eigenvalue weighted by Gasteiger charge is 2.11. The van der Waals surface area contributed by atoms with E-state index in [1.54, 1.807) is 6.20 Å². The van der Waals surface area contributed by atoms with E-state index in [1.807, 2.05) is 32.0 Å². The van der Waals surface area contributed by atoms with E-state index in [4.69, 9.17) is 8.94 Å². The molecule has 0 unspecified atom stereocenters. The molecule has 3 rings (SSSR count). The van der Waals surface area contributed by atoms with Crippen molar-refractivity contribution in [3.8, 4) is 11.5 Å². The number of aromatic nitrogens is 3. The van der Waals surface area contributed by atoms with Crippen LogP contribution < -0.4 is 5.32 Å². The molecule has 0 aliphatic carbocycles. The van der Waals surface area contributed by atoms with Gasteiger partial charge in [-0.25, -0.2) is 0 Å². The van der Waals surface area contributed by atoms with E-state index in [2.05, 4.69) is 20.7 Å². The smallest absolute Gasteiger partial charge is 0.152 e. The molecule has 0 saturated heterocycles. The lowest BCUT2D eigenvalue weighted by molar-refractivity contribution is 0.388. The van der Waals surface area contributed by atoms with Gasteiger partial charge in [0.2, 0.25) is 0 Å². The van der Waals surface area contributed by atoms with Crippen LogP contribution in [0.4, 0.5) is 0 Å². The van der Waals surface area contributed by atoms with E-state index < -0.39 is 0 Å². The fourth-order valence-corrected chi connectivity index (χ4v) is 2.05. The number of aryl methyl sites for hydroxylation is 2. The van der Waals surface area contributed by atoms with Crippen LogP contribution in [0.5, 0.6) is 0 Å². The summed E-state index contributed by atoms with van der Waals surface area (Å²) in [6, 6.07) is 5.79. The summed E-state index contributed by atoms with van der Waals surface area (Å²) < 4.78 is 10.6. The van der Waals surface area contributed by atoms with Crippen molar-refractivity contribution in [1.29, 1.82) is 0 Å². The lowest BCUT2D eigenvalue weighted by atomic mass is 10.2. The zero-order chi connectivity index (χ0) is 13.9. The Labute approximate surface area is 116 Å². The molecule has 0 aliphatic heterocycles. The van der Waals surface area contributed by atoms with Gasteiger partial charge < -0.3 is 14.3 Å². The van der Waals surface area contributed by atoms with Gasteiger partial charge in [-0.2, -0.15) is 5.10 Å². The van der Waals surface area contributed by atoms with Crippen molar-refractivity contribution in [3.63, 3.8) is 0 Å². The van der Waals surface area contributed by atoms with Crippen LogP contribution in [0.25, 0.3) is 11.5 Å². The monoisotopic (exact) mass is 272 g/mol. The number of nitrogens with one attached hydrogen (secondary N) is 2. The minimum atomic E-state index is 0.652. The molecule has 0 amide bonds. The normalized spacial score (nSPS) is 11.1. The van der Waals surface area contributed by atoms with Gasteiger partial charge in [0, 0.05) is 24.7 Å². The molecule has 3 heterocycles. The number of hydrogen-bond acceptors (Lipinski definition) is 5. The molecular weight excluding hydrogens is 256 g/mol. The third kappa shape index (κ3) is 2.65. The average molecular weight is 272 g/mol. The molecule has 6 heteroatoms. The minimum absolute atomic E-state index is 0.652. The summed E-state index contributed by atoms with van der Waals surface area (Å²) >= 11 is 0. The van der Waals surface area contributed by atoms with E-state index in [9.17, 15) is 0 Å². The average Bonchev–Trinajstić information content (AvgIpc) is 3.11.